The number of thiol groups is 1. The summed E-state index contributed by atoms with van der Waals surface area (Å²) in [7, 11) is 0. The maximum absolute atomic E-state index is 5.72. The highest BCUT2D eigenvalue weighted by molar-refractivity contribution is 7.80. The zero-order valence-electron chi connectivity index (χ0n) is 8.58. The number of benzene rings is 1. The molecule has 0 fully saturated rings. The molecule has 1 aromatic carbocycles. The van der Waals surface area contributed by atoms with Crippen molar-refractivity contribution in [3.8, 4) is 11.5 Å². The van der Waals surface area contributed by atoms with Crippen molar-refractivity contribution in [1.29, 1.82) is 0 Å². The van der Waals surface area contributed by atoms with Gasteiger partial charge in [-0.1, -0.05) is 0 Å². The Labute approximate surface area is 95.0 Å². The lowest BCUT2D eigenvalue weighted by Crippen LogP contribution is -1.97. The summed E-state index contributed by atoms with van der Waals surface area (Å²) >= 11 is 4.32. The predicted octanol–water partition coefficient (Wildman–Crippen LogP) is 2.03. The van der Waals surface area contributed by atoms with Crippen LogP contribution in [-0.2, 0) is 19.3 Å². The number of rotatable bonds is 2. The molecule has 0 atom stereocenters. The maximum atomic E-state index is 5.72. The standard InChI is InChI=1S/C12H14O2S/c15-6-3-10-9-2-5-13-11(9)7-8-1-4-14-12(8)10/h7,15H,1-6H2. The van der Waals surface area contributed by atoms with Gasteiger partial charge in [0.15, 0.2) is 0 Å². The molecule has 80 valence electrons. The number of fused-ring (bicyclic) bond motifs is 2. The molecule has 1 aromatic rings. The predicted molar refractivity (Wildman–Crippen MR) is 62.4 cm³/mol. The molecule has 3 heteroatoms. The molecule has 0 amide bonds. The second-order valence-electron chi connectivity index (χ2n) is 3.99. The summed E-state index contributed by atoms with van der Waals surface area (Å²) in [4.78, 5) is 0. The van der Waals surface area contributed by atoms with Crippen molar-refractivity contribution in [3.63, 3.8) is 0 Å². The molecule has 0 saturated heterocycles. The fourth-order valence-corrected chi connectivity index (χ4v) is 2.68. The second-order valence-corrected chi connectivity index (χ2v) is 4.44. The van der Waals surface area contributed by atoms with E-state index in [0.717, 1.165) is 49.7 Å². The van der Waals surface area contributed by atoms with Crippen molar-refractivity contribution in [2.75, 3.05) is 19.0 Å². The fraction of sp³-hybridized carbons (Fsp3) is 0.500. The summed E-state index contributed by atoms with van der Waals surface area (Å²) in [6.45, 7) is 1.63. The Morgan fingerprint density at radius 3 is 2.93 bits per heavy atom. The van der Waals surface area contributed by atoms with Gasteiger partial charge < -0.3 is 9.47 Å². The Hall–Kier alpha value is -0.830. The van der Waals surface area contributed by atoms with Crippen molar-refractivity contribution in [2.24, 2.45) is 0 Å². The fourth-order valence-electron chi connectivity index (χ4n) is 2.46. The molecule has 2 aliphatic rings. The van der Waals surface area contributed by atoms with Crippen LogP contribution < -0.4 is 9.47 Å². The van der Waals surface area contributed by atoms with Gasteiger partial charge in [0.2, 0.25) is 0 Å². The molecule has 15 heavy (non-hydrogen) atoms. The van der Waals surface area contributed by atoms with Crippen molar-refractivity contribution in [2.45, 2.75) is 19.3 Å². The van der Waals surface area contributed by atoms with Crippen molar-refractivity contribution in [3.05, 3.63) is 22.8 Å². The number of hydrogen-bond donors (Lipinski definition) is 1. The van der Waals surface area contributed by atoms with E-state index in [9.17, 15) is 0 Å². The van der Waals surface area contributed by atoms with Crippen LogP contribution in [0.25, 0.3) is 0 Å². The van der Waals surface area contributed by atoms with Gasteiger partial charge >= 0.3 is 0 Å². The van der Waals surface area contributed by atoms with E-state index in [1.54, 1.807) is 0 Å². The topological polar surface area (TPSA) is 18.5 Å². The van der Waals surface area contributed by atoms with E-state index in [4.69, 9.17) is 9.47 Å². The van der Waals surface area contributed by atoms with Gasteiger partial charge in [-0.15, -0.1) is 0 Å². The Morgan fingerprint density at radius 2 is 2.07 bits per heavy atom. The molecule has 0 N–H and O–H groups in total. The van der Waals surface area contributed by atoms with E-state index in [1.165, 1.54) is 16.7 Å². The zero-order chi connectivity index (χ0) is 10.3. The van der Waals surface area contributed by atoms with Gasteiger partial charge in [-0.05, 0) is 18.2 Å². The van der Waals surface area contributed by atoms with Crippen LogP contribution in [0, 0.1) is 0 Å². The summed E-state index contributed by atoms with van der Waals surface area (Å²) in [6, 6.07) is 2.16. The first-order valence-corrected chi connectivity index (χ1v) is 6.07. The van der Waals surface area contributed by atoms with Crippen LogP contribution in [0.15, 0.2) is 6.07 Å². The van der Waals surface area contributed by atoms with Crippen LogP contribution in [-0.4, -0.2) is 19.0 Å². The molecule has 0 aromatic heterocycles. The lowest BCUT2D eigenvalue weighted by atomic mass is 9.98. The summed E-state index contributed by atoms with van der Waals surface area (Å²) < 4.78 is 11.3. The van der Waals surface area contributed by atoms with Crippen LogP contribution in [0.5, 0.6) is 11.5 Å². The third-order valence-electron chi connectivity index (χ3n) is 3.12. The van der Waals surface area contributed by atoms with Gasteiger partial charge in [0.25, 0.3) is 0 Å². The summed E-state index contributed by atoms with van der Waals surface area (Å²) in [6.07, 6.45) is 3.03. The molecule has 0 saturated carbocycles. The lowest BCUT2D eigenvalue weighted by Gasteiger charge is -2.11. The first kappa shape index (κ1) is 9.40. The van der Waals surface area contributed by atoms with Crippen molar-refractivity contribution in [1.82, 2.24) is 0 Å². The molecule has 0 spiro atoms. The normalized spacial score (nSPS) is 16.9. The zero-order valence-corrected chi connectivity index (χ0v) is 9.48. The molecule has 2 aliphatic heterocycles. The number of ether oxygens (including phenoxy) is 2. The monoisotopic (exact) mass is 222 g/mol. The lowest BCUT2D eigenvalue weighted by molar-refractivity contribution is 0.353. The highest BCUT2D eigenvalue weighted by Crippen LogP contribution is 2.40. The largest absolute Gasteiger partial charge is 0.493 e. The van der Waals surface area contributed by atoms with E-state index < -0.39 is 0 Å². The minimum Gasteiger partial charge on any atom is -0.493 e. The van der Waals surface area contributed by atoms with Crippen molar-refractivity contribution < 1.29 is 9.47 Å². The molecule has 3 rings (SSSR count). The molecule has 2 heterocycles. The molecule has 2 nitrogen and oxygen atoms in total. The van der Waals surface area contributed by atoms with Crippen LogP contribution >= 0.6 is 12.6 Å². The molecular formula is C12H14O2S. The molecule has 0 unspecified atom stereocenters. The molecule has 0 radical (unpaired) electrons. The molecule has 0 bridgehead atoms. The Bertz CT molecular complexity index is 369. The van der Waals surface area contributed by atoms with E-state index in [-0.39, 0.29) is 0 Å². The van der Waals surface area contributed by atoms with Crippen LogP contribution in [0.1, 0.15) is 16.7 Å². The van der Waals surface area contributed by atoms with Gasteiger partial charge in [0.05, 0.1) is 13.2 Å². The third kappa shape index (κ3) is 1.41. The minimum absolute atomic E-state index is 0.817. The van der Waals surface area contributed by atoms with E-state index >= 15 is 0 Å². The Kier molecular flexibility index (Phi) is 2.28. The van der Waals surface area contributed by atoms with Crippen LogP contribution in [0.2, 0.25) is 0 Å². The van der Waals surface area contributed by atoms with Gasteiger partial charge in [0.1, 0.15) is 11.5 Å². The maximum Gasteiger partial charge on any atom is 0.126 e. The van der Waals surface area contributed by atoms with Gasteiger partial charge in [-0.3, -0.25) is 0 Å². The third-order valence-corrected chi connectivity index (χ3v) is 3.35. The smallest absolute Gasteiger partial charge is 0.126 e. The van der Waals surface area contributed by atoms with E-state index in [2.05, 4.69) is 18.7 Å². The average Bonchev–Trinajstić information content (AvgIpc) is 2.84. The Morgan fingerprint density at radius 1 is 1.20 bits per heavy atom. The summed E-state index contributed by atoms with van der Waals surface area (Å²) in [5.74, 6) is 3.07. The number of hydrogen-bond acceptors (Lipinski definition) is 3. The average molecular weight is 222 g/mol. The minimum atomic E-state index is 0.817. The second kappa shape index (κ2) is 3.63. The Balaban J connectivity index is 2.16. The summed E-state index contributed by atoms with van der Waals surface area (Å²) in [5.41, 5.74) is 4.00. The van der Waals surface area contributed by atoms with E-state index in [1.807, 2.05) is 0 Å². The molecule has 0 aliphatic carbocycles. The SMILES string of the molecule is SCCc1c2c(cc3c1OCC3)OCC2. The molecular weight excluding hydrogens is 208 g/mol. The first-order valence-electron chi connectivity index (χ1n) is 5.44. The highest BCUT2D eigenvalue weighted by atomic mass is 32.1. The quantitative estimate of drug-likeness (QED) is 0.772. The highest BCUT2D eigenvalue weighted by Gasteiger charge is 2.25. The van der Waals surface area contributed by atoms with E-state index in [0.29, 0.717) is 0 Å². The van der Waals surface area contributed by atoms with Gasteiger partial charge in [-0.25, -0.2) is 0 Å². The van der Waals surface area contributed by atoms with Gasteiger partial charge in [0, 0.05) is 29.5 Å². The first-order chi connectivity index (χ1) is 7.40. The van der Waals surface area contributed by atoms with Crippen molar-refractivity contribution >= 4 is 12.6 Å². The van der Waals surface area contributed by atoms with Gasteiger partial charge in [-0.2, -0.15) is 12.6 Å². The van der Waals surface area contributed by atoms with Crippen LogP contribution in [0.4, 0.5) is 0 Å². The summed E-state index contributed by atoms with van der Waals surface area (Å²) in [5, 5.41) is 0. The van der Waals surface area contributed by atoms with Crippen LogP contribution in [0.3, 0.4) is 0 Å².